The van der Waals surface area contributed by atoms with Gasteiger partial charge in [-0.2, -0.15) is 5.26 Å². The summed E-state index contributed by atoms with van der Waals surface area (Å²) in [5, 5.41) is 9.57. The molecule has 0 aromatic heterocycles. The number of nitriles is 1. The summed E-state index contributed by atoms with van der Waals surface area (Å²) in [6.07, 6.45) is 1.47. The van der Waals surface area contributed by atoms with Crippen LogP contribution < -0.4 is 9.47 Å². The molecule has 0 spiro atoms. The van der Waals surface area contributed by atoms with Crippen molar-refractivity contribution in [3.05, 3.63) is 63.7 Å². The molecule has 0 unspecified atom stereocenters. The predicted molar refractivity (Wildman–Crippen MR) is 106 cm³/mol. The van der Waals surface area contributed by atoms with Crippen molar-refractivity contribution in [1.82, 2.24) is 4.90 Å². The van der Waals surface area contributed by atoms with E-state index in [0.29, 0.717) is 28.7 Å². The number of likely N-dealkylation sites (N-methyl/N-ethyl adjacent to an activating group) is 1. The fourth-order valence-electron chi connectivity index (χ4n) is 2.47. The van der Waals surface area contributed by atoms with E-state index >= 15 is 0 Å². The van der Waals surface area contributed by atoms with Crippen LogP contribution in [0.15, 0.2) is 42.0 Å². The highest BCUT2D eigenvalue weighted by molar-refractivity contribution is 6.32. The van der Waals surface area contributed by atoms with Crippen LogP contribution in [0, 0.1) is 18.3 Å². The van der Waals surface area contributed by atoms with Gasteiger partial charge in [0.15, 0.2) is 11.5 Å². The van der Waals surface area contributed by atoms with Crippen LogP contribution in [0.5, 0.6) is 11.5 Å². The molecule has 0 saturated carbocycles. The molecule has 6 heteroatoms. The third kappa shape index (κ3) is 5.25. The summed E-state index contributed by atoms with van der Waals surface area (Å²) >= 11 is 6.37. The Hall–Kier alpha value is -2.97. The van der Waals surface area contributed by atoms with Gasteiger partial charge in [-0.05, 0) is 36.3 Å². The number of hydrogen-bond donors (Lipinski definition) is 0. The van der Waals surface area contributed by atoms with Crippen molar-refractivity contribution in [2.45, 2.75) is 13.5 Å². The standard InChI is InChI=1S/C21H21ClN2O3/c1-14-6-5-7-15(8-14)13-27-20-18(22)10-16(11-19(20)26-4)9-17(12-23)21(25)24(2)3/h5-11H,13H2,1-4H3/b17-9-. The number of ether oxygens (including phenoxy) is 2. The molecule has 5 nitrogen and oxygen atoms in total. The minimum Gasteiger partial charge on any atom is -0.493 e. The maximum absolute atomic E-state index is 12.0. The number of amides is 1. The molecule has 2 aromatic carbocycles. The number of benzene rings is 2. The van der Waals surface area contributed by atoms with Crippen LogP contribution in [0.3, 0.4) is 0 Å². The summed E-state index contributed by atoms with van der Waals surface area (Å²) in [4.78, 5) is 13.4. The van der Waals surface area contributed by atoms with Gasteiger partial charge < -0.3 is 14.4 Å². The molecule has 0 heterocycles. The molecule has 0 aliphatic heterocycles. The minimum absolute atomic E-state index is 0.00606. The van der Waals surface area contributed by atoms with Gasteiger partial charge in [-0.1, -0.05) is 41.4 Å². The summed E-state index contributed by atoms with van der Waals surface area (Å²) in [6, 6.07) is 13.2. The third-order valence-electron chi connectivity index (χ3n) is 3.79. The van der Waals surface area contributed by atoms with E-state index in [1.807, 2.05) is 37.3 Å². The average molecular weight is 385 g/mol. The van der Waals surface area contributed by atoms with E-state index < -0.39 is 0 Å². The number of rotatable bonds is 6. The van der Waals surface area contributed by atoms with Crippen LogP contribution >= 0.6 is 11.6 Å². The molecule has 0 N–H and O–H groups in total. The predicted octanol–water partition coefficient (Wildman–Crippen LogP) is 4.23. The van der Waals surface area contributed by atoms with E-state index in [1.54, 1.807) is 26.2 Å². The van der Waals surface area contributed by atoms with Crippen molar-refractivity contribution in [3.8, 4) is 17.6 Å². The van der Waals surface area contributed by atoms with Gasteiger partial charge in [0.2, 0.25) is 0 Å². The van der Waals surface area contributed by atoms with Crippen LogP contribution in [-0.2, 0) is 11.4 Å². The van der Waals surface area contributed by atoms with Crippen molar-refractivity contribution in [2.24, 2.45) is 0 Å². The van der Waals surface area contributed by atoms with Crippen LogP contribution in [0.4, 0.5) is 0 Å². The lowest BCUT2D eigenvalue weighted by atomic mass is 10.1. The van der Waals surface area contributed by atoms with Crippen LogP contribution in [0.25, 0.3) is 6.08 Å². The zero-order chi connectivity index (χ0) is 20.0. The Bertz CT molecular complexity index is 914. The summed E-state index contributed by atoms with van der Waals surface area (Å²) < 4.78 is 11.2. The molecule has 1 amide bonds. The van der Waals surface area contributed by atoms with Gasteiger partial charge in [0.05, 0.1) is 12.1 Å². The molecular formula is C21H21ClN2O3. The van der Waals surface area contributed by atoms with Gasteiger partial charge >= 0.3 is 0 Å². The largest absolute Gasteiger partial charge is 0.493 e. The van der Waals surface area contributed by atoms with Crippen LogP contribution in [0.2, 0.25) is 5.02 Å². The van der Waals surface area contributed by atoms with Gasteiger partial charge in [0.1, 0.15) is 18.2 Å². The second-order valence-electron chi connectivity index (χ2n) is 6.18. The average Bonchev–Trinajstić information content (AvgIpc) is 2.64. The minimum atomic E-state index is -0.382. The van der Waals surface area contributed by atoms with E-state index in [-0.39, 0.29) is 11.5 Å². The fourth-order valence-corrected chi connectivity index (χ4v) is 2.74. The summed E-state index contributed by atoms with van der Waals surface area (Å²) in [5.41, 5.74) is 2.74. The molecule has 0 aliphatic rings. The molecule has 27 heavy (non-hydrogen) atoms. The highest BCUT2D eigenvalue weighted by atomic mass is 35.5. The third-order valence-corrected chi connectivity index (χ3v) is 4.07. The first-order valence-corrected chi connectivity index (χ1v) is 8.62. The van der Waals surface area contributed by atoms with E-state index in [2.05, 4.69) is 0 Å². The van der Waals surface area contributed by atoms with Crippen molar-refractivity contribution < 1.29 is 14.3 Å². The lowest BCUT2D eigenvalue weighted by molar-refractivity contribution is -0.124. The zero-order valence-corrected chi connectivity index (χ0v) is 16.5. The molecule has 0 atom stereocenters. The molecule has 0 aliphatic carbocycles. The second kappa shape index (κ2) is 9.11. The lowest BCUT2D eigenvalue weighted by Gasteiger charge is -2.14. The van der Waals surface area contributed by atoms with Crippen molar-refractivity contribution in [1.29, 1.82) is 5.26 Å². The molecule has 2 rings (SSSR count). The van der Waals surface area contributed by atoms with Crippen molar-refractivity contribution in [2.75, 3.05) is 21.2 Å². The number of carbonyl (C=O) groups is 1. The van der Waals surface area contributed by atoms with Gasteiger partial charge in [-0.3, -0.25) is 4.79 Å². The summed E-state index contributed by atoms with van der Waals surface area (Å²) in [6.45, 7) is 2.36. The Labute approximate surface area is 164 Å². The first kappa shape index (κ1) is 20.3. The van der Waals surface area contributed by atoms with Gasteiger partial charge in [-0.25, -0.2) is 0 Å². The quantitative estimate of drug-likeness (QED) is 0.552. The van der Waals surface area contributed by atoms with E-state index in [1.165, 1.54) is 18.1 Å². The first-order valence-electron chi connectivity index (χ1n) is 8.25. The smallest absolute Gasteiger partial charge is 0.264 e. The molecular weight excluding hydrogens is 364 g/mol. The van der Waals surface area contributed by atoms with E-state index in [9.17, 15) is 10.1 Å². The Kier molecular flexibility index (Phi) is 6.86. The van der Waals surface area contributed by atoms with Crippen LogP contribution in [0.1, 0.15) is 16.7 Å². The van der Waals surface area contributed by atoms with Crippen LogP contribution in [-0.4, -0.2) is 32.0 Å². The Morgan fingerprint density at radius 3 is 2.63 bits per heavy atom. The van der Waals surface area contributed by atoms with Gasteiger partial charge in [0.25, 0.3) is 5.91 Å². The van der Waals surface area contributed by atoms with Crippen molar-refractivity contribution in [3.63, 3.8) is 0 Å². The molecule has 0 bridgehead atoms. The number of carbonyl (C=O) groups excluding carboxylic acids is 1. The SMILES string of the molecule is COc1cc(/C=C(/C#N)C(=O)N(C)C)cc(Cl)c1OCc1cccc(C)c1. The topological polar surface area (TPSA) is 62.6 Å². The molecule has 2 aromatic rings. The summed E-state index contributed by atoms with van der Waals surface area (Å²) in [5.74, 6) is 0.457. The number of nitrogens with zero attached hydrogens (tertiary/aromatic N) is 2. The molecule has 0 saturated heterocycles. The molecule has 0 radical (unpaired) electrons. The highest BCUT2D eigenvalue weighted by Gasteiger charge is 2.15. The number of methoxy groups -OCH3 is 1. The molecule has 0 fully saturated rings. The summed E-state index contributed by atoms with van der Waals surface area (Å²) in [7, 11) is 4.68. The zero-order valence-electron chi connectivity index (χ0n) is 15.7. The Morgan fingerprint density at radius 2 is 2.04 bits per heavy atom. The highest BCUT2D eigenvalue weighted by Crippen LogP contribution is 2.37. The molecule has 140 valence electrons. The lowest BCUT2D eigenvalue weighted by Crippen LogP contribution is -2.22. The second-order valence-corrected chi connectivity index (χ2v) is 6.59. The maximum atomic E-state index is 12.0. The number of halogens is 1. The van der Waals surface area contributed by atoms with Crippen molar-refractivity contribution >= 4 is 23.6 Å². The fraction of sp³-hybridized carbons (Fsp3) is 0.238. The normalized spacial score (nSPS) is 10.9. The number of hydrogen-bond acceptors (Lipinski definition) is 4. The monoisotopic (exact) mass is 384 g/mol. The van der Waals surface area contributed by atoms with E-state index in [4.69, 9.17) is 21.1 Å². The number of aryl methyl sites for hydroxylation is 1. The van der Waals surface area contributed by atoms with E-state index in [0.717, 1.165) is 11.1 Å². The van der Waals surface area contributed by atoms with Gasteiger partial charge in [0, 0.05) is 14.1 Å². The first-order chi connectivity index (χ1) is 12.8. The Balaban J connectivity index is 2.31. The van der Waals surface area contributed by atoms with Gasteiger partial charge in [-0.15, -0.1) is 0 Å². The Morgan fingerprint density at radius 1 is 1.30 bits per heavy atom. The maximum Gasteiger partial charge on any atom is 0.264 e.